The molecule has 0 radical (unpaired) electrons. The third kappa shape index (κ3) is 4.42. The van der Waals surface area contributed by atoms with Gasteiger partial charge in [-0.05, 0) is 22.4 Å². The smallest absolute Gasteiger partial charge is 0.272 e. The van der Waals surface area contributed by atoms with E-state index in [1.807, 2.05) is 47.1 Å². The van der Waals surface area contributed by atoms with Crippen LogP contribution in [0.15, 0.2) is 60.7 Å². The van der Waals surface area contributed by atoms with Crippen molar-refractivity contribution in [2.45, 2.75) is 13.1 Å². The minimum atomic E-state index is -0.189. The molecule has 0 bridgehead atoms. The summed E-state index contributed by atoms with van der Waals surface area (Å²) in [6, 6.07) is 20.1. The molecule has 1 amide bonds. The van der Waals surface area contributed by atoms with Gasteiger partial charge < -0.3 is 14.8 Å². The van der Waals surface area contributed by atoms with Crippen LogP contribution >= 0.6 is 0 Å². The lowest BCUT2D eigenvalue weighted by Gasteiger charge is -2.26. The molecule has 3 aromatic carbocycles. The standard InChI is InChI=1S/C26H28N4O3/c1-32-23-11-5-10-22-24(28-30(25(22)23)13-12-29-14-16-33-17-15-29)26(31)27-18-20-8-4-7-19-6-2-3-9-21(19)20/h2-11H,12-18H2,1H3,(H,27,31). The lowest BCUT2D eigenvalue weighted by atomic mass is 10.0. The molecule has 0 unspecified atom stereocenters. The number of carbonyl (C=O) groups is 1. The van der Waals surface area contributed by atoms with Crippen LogP contribution in [-0.4, -0.2) is 60.5 Å². The van der Waals surface area contributed by atoms with Crippen LogP contribution < -0.4 is 10.1 Å². The number of nitrogens with zero attached hydrogens (tertiary/aromatic N) is 3. The molecule has 5 rings (SSSR count). The minimum absolute atomic E-state index is 0.189. The van der Waals surface area contributed by atoms with Gasteiger partial charge >= 0.3 is 0 Å². The number of rotatable bonds is 7. The quantitative estimate of drug-likeness (QED) is 0.473. The van der Waals surface area contributed by atoms with Gasteiger partial charge in [-0.2, -0.15) is 5.10 Å². The summed E-state index contributed by atoms with van der Waals surface area (Å²) in [5.41, 5.74) is 2.35. The molecule has 0 spiro atoms. The summed E-state index contributed by atoms with van der Waals surface area (Å²) >= 11 is 0. The highest BCUT2D eigenvalue weighted by atomic mass is 16.5. The summed E-state index contributed by atoms with van der Waals surface area (Å²) in [5.74, 6) is 0.529. The maximum Gasteiger partial charge on any atom is 0.272 e. The van der Waals surface area contributed by atoms with Crippen molar-refractivity contribution in [3.63, 3.8) is 0 Å². The third-order valence-corrected chi connectivity index (χ3v) is 6.22. The van der Waals surface area contributed by atoms with Crippen molar-refractivity contribution < 1.29 is 14.3 Å². The van der Waals surface area contributed by atoms with Gasteiger partial charge in [-0.25, -0.2) is 0 Å². The highest BCUT2D eigenvalue weighted by Crippen LogP contribution is 2.28. The molecule has 0 aliphatic carbocycles. The van der Waals surface area contributed by atoms with Crippen LogP contribution in [0.5, 0.6) is 5.75 Å². The molecule has 1 aromatic heterocycles. The normalized spacial score (nSPS) is 14.6. The van der Waals surface area contributed by atoms with Crippen LogP contribution in [-0.2, 0) is 17.8 Å². The Bertz CT molecular complexity index is 1270. The summed E-state index contributed by atoms with van der Waals surface area (Å²) in [6.45, 7) is 5.29. The Labute approximate surface area is 192 Å². The fraction of sp³-hybridized carbons (Fsp3) is 0.308. The first-order chi connectivity index (χ1) is 16.2. The zero-order chi connectivity index (χ0) is 22.6. The number of benzene rings is 3. The highest BCUT2D eigenvalue weighted by Gasteiger charge is 2.21. The first-order valence-electron chi connectivity index (χ1n) is 11.3. The van der Waals surface area contributed by atoms with E-state index in [1.165, 1.54) is 0 Å². The van der Waals surface area contributed by atoms with Crippen LogP contribution in [0, 0.1) is 0 Å². The summed E-state index contributed by atoms with van der Waals surface area (Å²) in [6.07, 6.45) is 0. The van der Waals surface area contributed by atoms with E-state index in [2.05, 4.69) is 28.4 Å². The van der Waals surface area contributed by atoms with Gasteiger partial charge in [0, 0.05) is 31.6 Å². The minimum Gasteiger partial charge on any atom is -0.494 e. The van der Waals surface area contributed by atoms with Crippen LogP contribution in [0.3, 0.4) is 0 Å². The highest BCUT2D eigenvalue weighted by molar-refractivity contribution is 6.06. The second-order valence-electron chi connectivity index (χ2n) is 8.20. The van der Waals surface area contributed by atoms with Crippen molar-refractivity contribution in [1.29, 1.82) is 0 Å². The molecule has 33 heavy (non-hydrogen) atoms. The number of hydrogen-bond acceptors (Lipinski definition) is 5. The van der Waals surface area contributed by atoms with Crippen LogP contribution in [0.4, 0.5) is 0 Å². The van der Waals surface area contributed by atoms with Crippen LogP contribution in [0.1, 0.15) is 16.1 Å². The first-order valence-corrected chi connectivity index (χ1v) is 11.3. The molecule has 4 aromatic rings. The number of methoxy groups -OCH3 is 1. The molecule has 1 N–H and O–H groups in total. The number of fused-ring (bicyclic) bond motifs is 2. The Morgan fingerprint density at radius 3 is 2.61 bits per heavy atom. The summed E-state index contributed by atoms with van der Waals surface area (Å²) in [4.78, 5) is 15.6. The van der Waals surface area contributed by atoms with E-state index in [0.717, 1.165) is 65.8 Å². The molecule has 1 aliphatic rings. The maximum atomic E-state index is 13.2. The van der Waals surface area contributed by atoms with Crippen molar-refractivity contribution in [2.75, 3.05) is 40.0 Å². The molecule has 7 nitrogen and oxygen atoms in total. The Hall–Kier alpha value is -3.42. The summed E-state index contributed by atoms with van der Waals surface area (Å²) in [7, 11) is 1.65. The average molecular weight is 445 g/mol. The molecular weight excluding hydrogens is 416 g/mol. The van der Waals surface area contributed by atoms with Gasteiger partial charge in [0.25, 0.3) is 5.91 Å². The molecule has 0 atom stereocenters. The number of para-hydroxylation sites is 1. The van der Waals surface area contributed by atoms with E-state index in [4.69, 9.17) is 14.6 Å². The molecule has 1 saturated heterocycles. The molecule has 170 valence electrons. The summed E-state index contributed by atoms with van der Waals surface area (Å²) < 4.78 is 13.0. The third-order valence-electron chi connectivity index (χ3n) is 6.22. The van der Waals surface area contributed by atoms with E-state index in [0.29, 0.717) is 18.8 Å². The van der Waals surface area contributed by atoms with Crippen molar-refractivity contribution in [3.05, 3.63) is 71.9 Å². The fourth-order valence-electron chi connectivity index (χ4n) is 4.47. The monoisotopic (exact) mass is 444 g/mol. The molecule has 1 fully saturated rings. The fourth-order valence-corrected chi connectivity index (χ4v) is 4.47. The Balaban J connectivity index is 1.40. The number of ether oxygens (including phenoxy) is 2. The maximum absolute atomic E-state index is 13.2. The van der Waals surface area contributed by atoms with E-state index >= 15 is 0 Å². The van der Waals surface area contributed by atoms with Crippen molar-refractivity contribution in [2.24, 2.45) is 0 Å². The van der Waals surface area contributed by atoms with Gasteiger partial charge in [0.2, 0.25) is 0 Å². The van der Waals surface area contributed by atoms with Gasteiger partial charge in [0.05, 0.1) is 26.9 Å². The van der Waals surface area contributed by atoms with E-state index in [9.17, 15) is 4.79 Å². The Morgan fingerprint density at radius 2 is 1.76 bits per heavy atom. The van der Waals surface area contributed by atoms with Gasteiger partial charge in [-0.1, -0.05) is 54.6 Å². The van der Waals surface area contributed by atoms with Gasteiger partial charge in [-0.3, -0.25) is 14.4 Å². The second-order valence-corrected chi connectivity index (χ2v) is 8.20. The molecular formula is C26H28N4O3. The predicted molar refractivity (Wildman–Crippen MR) is 129 cm³/mol. The number of nitrogens with one attached hydrogen (secondary N) is 1. The topological polar surface area (TPSA) is 68.6 Å². The predicted octanol–water partition coefficient (Wildman–Crippen LogP) is 3.46. The summed E-state index contributed by atoms with van der Waals surface area (Å²) in [5, 5.41) is 10.9. The van der Waals surface area contributed by atoms with Gasteiger partial charge in [0.1, 0.15) is 11.3 Å². The zero-order valence-corrected chi connectivity index (χ0v) is 18.8. The average Bonchev–Trinajstić information content (AvgIpc) is 3.25. The largest absolute Gasteiger partial charge is 0.494 e. The van der Waals surface area contributed by atoms with Crippen molar-refractivity contribution in [1.82, 2.24) is 20.0 Å². The van der Waals surface area contributed by atoms with Crippen molar-refractivity contribution >= 4 is 27.6 Å². The lowest BCUT2D eigenvalue weighted by Crippen LogP contribution is -2.38. The van der Waals surface area contributed by atoms with Crippen LogP contribution in [0.25, 0.3) is 21.7 Å². The van der Waals surface area contributed by atoms with Crippen LogP contribution in [0.2, 0.25) is 0 Å². The SMILES string of the molecule is COc1cccc2c(C(=O)NCc3cccc4ccccc34)nn(CCN3CCOCC3)c12. The molecule has 7 heteroatoms. The number of amides is 1. The van der Waals surface area contributed by atoms with E-state index < -0.39 is 0 Å². The molecule has 1 aliphatic heterocycles. The number of hydrogen-bond donors (Lipinski definition) is 1. The zero-order valence-electron chi connectivity index (χ0n) is 18.8. The number of carbonyl (C=O) groups excluding carboxylic acids is 1. The lowest BCUT2D eigenvalue weighted by molar-refractivity contribution is 0.0361. The van der Waals surface area contributed by atoms with Gasteiger partial charge in [0.15, 0.2) is 5.69 Å². The van der Waals surface area contributed by atoms with Gasteiger partial charge in [-0.15, -0.1) is 0 Å². The Kier molecular flexibility index (Phi) is 6.24. The Morgan fingerprint density at radius 1 is 1.00 bits per heavy atom. The van der Waals surface area contributed by atoms with E-state index in [-0.39, 0.29) is 5.91 Å². The first kappa shape index (κ1) is 21.4. The van der Waals surface area contributed by atoms with E-state index in [1.54, 1.807) is 7.11 Å². The molecule has 2 heterocycles. The molecule has 0 saturated carbocycles. The second kappa shape index (κ2) is 9.60. The number of morpholine rings is 1. The number of aromatic nitrogens is 2. The van der Waals surface area contributed by atoms with Crippen molar-refractivity contribution in [3.8, 4) is 5.75 Å².